The van der Waals surface area contributed by atoms with Crippen LogP contribution in [0.15, 0.2) is 53.5 Å². The fourth-order valence-electron chi connectivity index (χ4n) is 2.26. The van der Waals surface area contributed by atoms with Crippen molar-refractivity contribution in [3.63, 3.8) is 0 Å². The fraction of sp³-hybridized carbons (Fsp3) is 0.278. The molecule has 0 saturated carbocycles. The molecule has 1 heteroatoms. The van der Waals surface area contributed by atoms with Crippen LogP contribution in [0.25, 0.3) is 0 Å². The van der Waals surface area contributed by atoms with Gasteiger partial charge in [-0.2, -0.15) is 0 Å². The van der Waals surface area contributed by atoms with Crippen molar-refractivity contribution in [2.45, 2.75) is 26.2 Å². The molecule has 0 atom stereocenters. The van der Waals surface area contributed by atoms with Crippen molar-refractivity contribution in [2.24, 2.45) is 4.99 Å². The first-order valence-electron chi connectivity index (χ1n) is 6.85. The molecular weight excluding hydrogens is 230 g/mol. The van der Waals surface area contributed by atoms with Gasteiger partial charge in [-0.15, -0.1) is 0 Å². The Labute approximate surface area is 116 Å². The largest absolute Gasteiger partial charge is 0.296 e. The molecule has 2 aromatic rings. The van der Waals surface area contributed by atoms with Crippen molar-refractivity contribution in [1.29, 1.82) is 0 Å². The number of rotatable bonds is 5. The molecule has 0 radical (unpaired) electrons. The number of aryl methyl sites for hydroxylation is 3. The van der Waals surface area contributed by atoms with Crippen LogP contribution in [-0.4, -0.2) is 13.3 Å². The molecule has 98 valence electrons. The molecule has 0 N–H and O–H groups in total. The molecule has 0 aliphatic heterocycles. The lowest BCUT2D eigenvalue weighted by atomic mass is 10.00. The van der Waals surface area contributed by atoms with Gasteiger partial charge in [-0.25, -0.2) is 0 Å². The maximum absolute atomic E-state index is 4.12. The van der Waals surface area contributed by atoms with E-state index in [1.807, 2.05) is 13.3 Å². The van der Waals surface area contributed by atoms with E-state index in [0.29, 0.717) is 0 Å². The Morgan fingerprint density at radius 1 is 0.947 bits per heavy atom. The average molecular weight is 251 g/mol. The van der Waals surface area contributed by atoms with Gasteiger partial charge in [0.2, 0.25) is 0 Å². The van der Waals surface area contributed by atoms with Gasteiger partial charge < -0.3 is 0 Å². The van der Waals surface area contributed by atoms with Crippen LogP contribution in [0.5, 0.6) is 0 Å². The van der Waals surface area contributed by atoms with Gasteiger partial charge in [-0.05, 0) is 42.9 Å². The summed E-state index contributed by atoms with van der Waals surface area (Å²) < 4.78 is 0. The van der Waals surface area contributed by atoms with Crippen molar-refractivity contribution in [3.05, 3.63) is 70.8 Å². The van der Waals surface area contributed by atoms with Crippen molar-refractivity contribution >= 4 is 6.21 Å². The maximum Gasteiger partial charge on any atom is 0.0284 e. The van der Waals surface area contributed by atoms with Gasteiger partial charge in [0, 0.05) is 13.3 Å². The molecule has 0 aromatic heterocycles. The summed E-state index contributed by atoms with van der Waals surface area (Å²) in [5.74, 6) is 0. The van der Waals surface area contributed by atoms with Gasteiger partial charge in [-0.3, -0.25) is 4.99 Å². The normalized spacial score (nSPS) is 11.1. The average Bonchev–Trinajstić information content (AvgIpc) is 2.43. The zero-order valence-electron chi connectivity index (χ0n) is 11.8. The summed E-state index contributed by atoms with van der Waals surface area (Å²) in [6, 6.07) is 17.3. The van der Waals surface area contributed by atoms with Crippen LogP contribution in [0.2, 0.25) is 0 Å². The topological polar surface area (TPSA) is 12.4 Å². The molecule has 0 heterocycles. The summed E-state index contributed by atoms with van der Waals surface area (Å²) in [6.07, 6.45) is 5.37. The summed E-state index contributed by atoms with van der Waals surface area (Å²) in [6.45, 7) is 2.13. The molecule has 0 aliphatic carbocycles. The van der Waals surface area contributed by atoms with Crippen LogP contribution in [0, 0.1) is 6.92 Å². The first kappa shape index (κ1) is 13.5. The number of hydrogen-bond donors (Lipinski definition) is 0. The molecule has 0 aliphatic rings. The minimum atomic E-state index is 1.11. The van der Waals surface area contributed by atoms with Crippen LogP contribution >= 0.6 is 0 Å². The van der Waals surface area contributed by atoms with Gasteiger partial charge in [-0.1, -0.05) is 54.1 Å². The van der Waals surface area contributed by atoms with Gasteiger partial charge in [0.25, 0.3) is 0 Å². The number of hydrogen-bond acceptors (Lipinski definition) is 1. The second kappa shape index (κ2) is 6.89. The van der Waals surface area contributed by atoms with E-state index in [0.717, 1.165) is 12.8 Å². The smallest absolute Gasteiger partial charge is 0.0284 e. The highest BCUT2D eigenvalue weighted by atomic mass is 14.6. The fourth-order valence-corrected chi connectivity index (χ4v) is 2.26. The molecular formula is C18H21N. The Balaban J connectivity index is 1.94. The second-order valence-corrected chi connectivity index (χ2v) is 4.93. The molecule has 0 fully saturated rings. The van der Waals surface area contributed by atoms with E-state index in [-0.39, 0.29) is 0 Å². The first-order valence-corrected chi connectivity index (χ1v) is 6.85. The summed E-state index contributed by atoms with van der Waals surface area (Å²) in [5, 5.41) is 0. The van der Waals surface area contributed by atoms with Crippen LogP contribution in [0.1, 0.15) is 28.7 Å². The highest BCUT2D eigenvalue weighted by molar-refractivity contribution is 5.81. The number of nitrogens with zero attached hydrogens (tertiary/aromatic N) is 1. The molecule has 19 heavy (non-hydrogen) atoms. The molecule has 1 nitrogen and oxygen atoms in total. The third-order valence-corrected chi connectivity index (χ3v) is 3.36. The minimum absolute atomic E-state index is 1.11. The van der Waals surface area contributed by atoms with Crippen molar-refractivity contribution < 1.29 is 0 Å². The SMILES string of the molecule is CN=Cc1ccccc1CCCc1ccc(C)cc1. The standard InChI is InChI=1S/C18H21N/c1-15-10-12-16(13-11-15)6-5-9-17-7-3-4-8-18(17)14-19-2/h3-4,7-8,10-14H,5-6,9H2,1-2H3. The van der Waals surface area contributed by atoms with Gasteiger partial charge in [0.1, 0.15) is 0 Å². The van der Waals surface area contributed by atoms with E-state index in [2.05, 4.69) is 60.4 Å². The predicted octanol–water partition coefficient (Wildman–Crippen LogP) is 4.22. The van der Waals surface area contributed by atoms with Crippen molar-refractivity contribution in [3.8, 4) is 0 Å². The number of aliphatic imine (C=N–C) groups is 1. The minimum Gasteiger partial charge on any atom is -0.296 e. The van der Waals surface area contributed by atoms with E-state index in [4.69, 9.17) is 0 Å². The monoisotopic (exact) mass is 251 g/mol. The van der Waals surface area contributed by atoms with Gasteiger partial charge >= 0.3 is 0 Å². The highest BCUT2D eigenvalue weighted by Gasteiger charge is 2.00. The molecule has 0 amide bonds. The van der Waals surface area contributed by atoms with Gasteiger partial charge in [0.05, 0.1) is 0 Å². The molecule has 2 aromatic carbocycles. The molecule has 0 unspecified atom stereocenters. The van der Waals surface area contributed by atoms with E-state index in [9.17, 15) is 0 Å². The van der Waals surface area contributed by atoms with Crippen LogP contribution < -0.4 is 0 Å². The highest BCUT2D eigenvalue weighted by Crippen LogP contribution is 2.12. The molecule has 0 saturated heterocycles. The van der Waals surface area contributed by atoms with Crippen LogP contribution in [0.4, 0.5) is 0 Å². The summed E-state index contributed by atoms with van der Waals surface area (Å²) in [4.78, 5) is 4.12. The van der Waals surface area contributed by atoms with E-state index < -0.39 is 0 Å². The van der Waals surface area contributed by atoms with E-state index >= 15 is 0 Å². The third-order valence-electron chi connectivity index (χ3n) is 3.36. The maximum atomic E-state index is 4.12. The Kier molecular flexibility index (Phi) is 4.91. The van der Waals surface area contributed by atoms with Gasteiger partial charge in [0.15, 0.2) is 0 Å². The second-order valence-electron chi connectivity index (χ2n) is 4.93. The summed E-state index contributed by atoms with van der Waals surface area (Å²) >= 11 is 0. The van der Waals surface area contributed by atoms with Crippen LogP contribution in [-0.2, 0) is 12.8 Å². The zero-order valence-corrected chi connectivity index (χ0v) is 11.8. The summed E-state index contributed by atoms with van der Waals surface area (Å²) in [5.41, 5.74) is 5.38. The zero-order chi connectivity index (χ0) is 13.5. The lowest BCUT2D eigenvalue weighted by Gasteiger charge is -2.06. The van der Waals surface area contributed by atoms with E-state index in [1.165, 1.54) is 28.7 Å². The van der Waals surface area contributed by atoms with E-state index in [1.54, 1.807) is 0 Å². The van der Waals surface area contributed by atoms with Crippen LogP contribution in [0.3, 0.4) is 0 Å². The summed E-state index contributed by atoms with van der Waals surface area (Å²) in [7, 11) is 1.82. The third kappa shape index (κ3) is 4.06. The Morgan fingerprint density at radius 3 is 2.42 bits per heavy atom. The quantitative estimate of drug-likeness (QED) is 0.706. The van der Waals surface area contributed by atoms with Crippen molar-refractivity contribution in [1.82, 2.24) is 0 Å². The molecule has 2 rings (SSSR count). The Hall–Kier alpha value is -1.89. The lowest BCUT2D eigenvalue weighted by Crippen LogP contribution is -1.95. The number of benzene rings is 2. The van der Waals surface area contributed by atoms with Crippen molar-refractivity contribution in [2.75, 3.05) is 7.05 Å². The first-order chi connectivity index (χ1) is 9.29. The Morgan fingerprint density at radius 2 is 1.68 bits per heavy atom. The molecule has 0 spiro atoms. The Bertz CT molecular complexity index is 538. The predicted molar refractivity (Wildman–Crippen MR) is 83.2 cm³/mol. The molecule has 0 bridgehead atoms. The lowest BCUT2D eigenvalue weighted by molar-refractivity contribution is 0.819.